The third-order valence-corrected chi connectivity index (χ3v) is 5.23. The van der Waals surface area contributed by atoms with Gasteiger partial charge in [0.1, 0.15) is 5.71 Å². The second kappa shape index (κ2) is 9.23. The third kappa shape index (κ3) is 4.17. The predicted molar refractivity (Wildman–Crippen MR) is 124 cm³/mol. The Morgan fingerprint density at radius 2 is 0.968 bits per heavy atom. The summed E-state index contributed by atoms with van der Waals surface area (Å²) in [4.78, 5) is 19.2. The van der Waals surface area contributed by atoms with E-state index in [1.54, 1.807) is 19.1 Å². The first kappa shape index (κ1) is 20.3. The highest BCUT2D eigenvalue weighted by Gasteiger charge is 2.39. The van der Waals surface area contributed by atoms with E-state index >= 15 is 0 Å². The minimum Gasteiger partial charge on any atom is -0.374 e. The molecular weight excluding hydrogens is 382 g/mol. The zero-order valence-electron chi connectivity index (χ0n) is 17.3. The molecule has 0 bridgehead atoms. The molecule has 0 aliphatic rings. The molecule has 0 atom stereocenters. The molecule has 0 aliphatic carbocycles. The average molecular weight is 405 g/mol. The van der Waals surface area contributed by atoms with Crippen LogP contribution >= 0.6 is 0 Å². The quantitative estimate of drug-likeness (QED) is 0.158. The van der Waals surface area contributed by atoms with Gasteiger partial charge in [-0.15, -0.1) is 0 Å². The van der Waals surface area contributed by atoms with E-state index in [0.29, 0.717) is 11.3 Å². The Morgan fingerprint density at radius 3 is 1.35 bits per heavy atom. The van der Waals surface area contributed by atoms with Crippen molar-refractivity contribution in [2.45, 2.75) is 12.5 Å². The molecule has 0 fully saturated rings. The van der Waals surface area contributed by atoms with Gasteiger partial charge in [0, 0.05) is 22.3 Å². The van der Waals surface area contributed by atoms with Crippen LogP contribution < -0.4 is 0 Å². The van der Waals surface area contributed by atoms with Gasteiger partial charge < -0.3 is 4.84 Å². The number of ketones is 1. The van der Waals surface area contributed by atoms with Gasteiger partial charge in [0.2, 0.25) is 11.4 Å². The van der Waals surface area contributed by atoms with E-state index in [0.717, 1.165) is 16.7 Å². The zero-order valence-corrected chi connectivity index (χ0v) is 17.3. The number of hydrogen-bond donors (Lipinski definition) is 0. The topological polar surface area (TPSA) is 38.7 Å². The van der Waals surface area contributed by atoms with Gasteiger partial charge in [0.25, 0.3) is 0 Å². The van der Waals surface area contributed by atoms with Gasteiger partial charge in [-0.3, -0.25) is 4.79 Å². The summed E-state index contributed by atoms with van der Waals surface area (Å²) in [6.07, 6.45) is 0. The van der Waals surface area contributed by atoms with Gasteiger partial charge in [0.05, 0.1) is 0 Å². The Hall–Kier alpha value is -3.98. The standard InChI is InChI=1S/C28H23NO2/c1-22(27(30)23-14-6-2-7-15-23)29-31-28(24-16-8-3-9-17-24,25-18-10-4-11-19-25)26-20-12-5-13-21-26/h2-21H,1H3. The van der Waals surface area contributed by atoms with Crippen LogP contribution in [-0.4, -0.2) is 11.5 Å². The van der Waals surface area contributed by atoms with Crippen LogP contribution in [0.3, 0.4) is 0 Å². The maximum atomic E-state index is 12.9. The molecule has 152 valence electrons. The van der Waals surface area contributed by atoms with Crippen molar-refractivity contribution < 1.29 is 9.63 Å². The summed E-state index contributed by atoms with van der Waals surface area (Å²) in [5.41, 5.74) is 2.65. The summed E-state index contributed by atoms with van der Waals surface area (Å²) in [7, 11) is 0. The van der Waals surface area contributed by atoms with Crippen molar-refractivity contribution in [1.29, 1.82) is 0 Å². The summed E-state index contributed by atoms with van der Waals surface area (Å²) in [6.45, 7) is 1.68. The molecule has 4 aromatic rings. The Labute approximate surface area is 182 Å². The van der Waals surface area contributed by atoms with Crippen LogP contribution in [-0.2, 0) is 10.4 Å². The second-order valence-electron chi connectivity index (χ2n) is 7.24. The summed E-state index contributed by atoms with van der Waals surface area (Å²) in [5, 5.41) is 4.37. The van der Waals surface area contributed by atoms with Crippen molar-refractivity contribution in [2.75, 3.05) is 0 Å². The lowest BCUT2D eigenvalue weighted by Crippen LogP contribution is -2.32. The lowest BCUT2D eigenvalue weighted by atomic mass is 9.80. The van der Waals surface area contributed by atoms with E-state index < -0.39 is 5.60 Å². The van der Waals surface area contributed by atoms with Crippen molar-refractivity contribution in [3.63, 3.8) is 0 Å². The Morgan fingerprint density at radius 1 is 0.613 bits per heavy atom. The Kier molecular flexibility index (Phi) is 6.04. The van der Waals surface area contributed by atoms with E-state index in [2.05, 4.69) is 5.16 Å². The number of benzene rings is 4. The van der Waals surface area contributed by atoms with Gasteiger partial charge in [0.15, 0.2) is 0 Å². The number of hydrogen-bond acceptors (Lipinski definition) is 3. The third-order valence-electron chi connectivity index (χ3n) is 5.23. The van der Waals surface area contributed by atoms with Gasteiger partial charge >= 0.3 is 0 Å². The second-order valence-corrected chi connectivity index (χ2v) is 7.24. The molecule has 0 saturated carbocycles. The molecule has 0 heterocycles. The highest BCUT2D eigenvalue weighted by Crippen LogP contribution is 2.40. The largest absolute Gasteiger partial charge is 0.374 e. The molecular formula is C28H23NO2. The fraction of sp³-hybridized carbons (Fsp3) is 0.0714. The van der Waals surface area contributed by atoms with Crippen LogP contribution in [0.4, 0.5) is 0 Å². The summed E-state index contributed by atoms with van der Waals surface area (Å²) < 4.78 is 0. The summed E-state index contributed by atoms with van der Waals surface area (Å²) in [6, 6.07) is 39.0. The lowest BCUT2D eigenvalue weighted by Gasteiger charge is -2.33. The molecule has 0 radical (unpaired) electrons. The van der Waals surface area contributed by atoms with Crippen LogP contribution in [0.15, 0.2) is 126 Å². The number of carbonyl (C=O) groups excluding carboxylic acids is 1. The minimum absolute atomic E-state index is 0.163. The van der Waals surface area contributed by atoms with E-state index in [4.69, 9.17) is 4.84 Å². The predicted octanol–water partition coefficient (Wildman–Crippen LogP) is 6.25. The molecule has 31 heavy (non-hydrogen) atoms. The highest BCUT2D eigenvalue weighted by atomic mass is 16.7. The van der Waals surface area contributed by atoms with Crippen LogP contribution in [0.2, 0.25) is 0 Å². The highest BCUT2D eigenvalue weighted by molar-refractivity contribution is 6.45. The molecule has 0 aromatic heterocycles. The Balaban J connectivity index is 1.85. The van der Waals surface area contributed by atoms with Crippen molar-refractivity contribution in [3.05, 3.63) is 144 Å². The first-order valence-corrected chi connectivity index (χ1v) is 10.2. The van der Waals surface area contributed by atoms with Gasteiger partial charge in [-0.05, 0) is 6.92 Å². The fourth-order valence-corrected chi connectivity index (χ4v) is 3.65. The zero-order chi connectivity index (χ0) is 21.5. The van der Waals surface area contributed by atoms with Crippen LogP contribution in [0.25, 0.3) is 0 Å². The first-order chi connectivity index (χ1) is 15.2. The Bertz CT molecular complexity index is 1060. The first-order valence-electron chi connectivity index (χ1n) is 10.2. The molecule has 4 rings (SSSR count). The van der Waals surface area contributed by atoms with E-state index in [1.807, 2.05) is 109 Å². The average Bonchev–Trinajstić information content (AvgIpc) is 2.86. The maximum absolute atomic E-state index is 12.9. The molecule has 0 spiro atoms. The summed E-state index contributed by atoms with van der Waals surface area (Å²) in [5.74, 6) is -0.163. The minimum atomic E-state index is -0.998. The molecule has 0 unspecified atom stereocenters. The van der Waals surface area contributed by atoms with Crippen molar-refractivity contribution in [1.82, 2.24) is 0 Å². The molecule has 0 amide bonds. The number of Topliss-reactive ketones (excluding diaryl/α,β-unsaturated/α-hetero) is 1. The maximum Gasteiger partial charge on any atom is 0.212 e. The van der Waals surface area contributed by atoms with Gasteiger partial charge in [-0.25, -0.2) is 0 Å². The van der Waals surface area contributed by atoms with E-state index in [1.165, 1.54) is 0 Å². The lowest BCUT2D eigenvalue weighted by molar-refractivity contribution is 0.0169. The molecule has 0 saturated heterocycles. The van der Waals surface area contributed by atoms with Gasteiger partial charge in [-0.2, -0.15) is 0 Å². The van der Waals surface area contributed by atoms with Crippen molar-refractivity contribution >= 4 is 11.5 Å². The molecule has 3 heteroatoms. The number of oxime groups is 1. The number of nitrogens with zero attached hydrogens (tertiary/aromatic N) is 1. The van der Waals surface area contributed by atoms with Crippen molar-refractivity contribution in [3.8, 4) is 0 Å². The summed E-state index contributed by atoms with van der Waals surface area (Å²) >= 11 is 0. The van der Waals surface area contributed by atoms with Crippen LogP contribution in [0.1, 0.15) is 34.0 Å². The molecule has 0 N–H and O–H groups in total. The SMILES string of the molecule is CC(=NOC(c1ccccc1)(c1ccccc1)c1ccccc1)C(=O)c1ccccc1. The van der Waals surface area contributed by atoms with E-state index in [-0.39, 0.29) is 5.78 Å². The molecule has 0 aliphatic heterocycles. The number of carbonyl (C=O) groups is 1. The van der Waals surface area contributed by atoms with E-state index in [9.17, 15) is 4.79 Å². The van der Waals surface area contributed by atoms with Crippen LogP contribution in [0.5, 0.6) is 0 Å². The van der Waals surface area contributed by atoms with Gasteiger partial charge in [-0.1, -0.05) is 126 Å². The normalized spacial score (nSPS) is 11.7. The number of rotatable bonds is 7. The fourth-order valence-electron chi connectivity index (χ4n) is 3.65. The molecule has 3 nitrogen and oxygen atoms in total. The molecule has 4 aromatic carbocycles. The smallest absolute Gasteiger partial charge is 0.212 e. The monoisotopic (exact) mass is 405 g/mol. The van der Waals surface area contributed by atoms with Crippen LogP contribution in [0, 0.1) is 0 Å². The van der Waals surface area contributed by atoms with Crippen molar-refractivity contribution in [2.24, 2.45) is 5.16 Å².